The van der Waals surface area contributed by atoms with Crippen LogP contribution in [0.3, 0.4) is 0 Å². The molecule has 2 heterocycles. The van der Waals surface area contributed by atoms with Gasteiger partial charge in [-0.25, -0.2) is 4.98 Å². The fourth-order valence-corrected chi connectivity index (χ4v) is 3.54. The van der Waals surface area contributed by atoms with Gasteiger partial charge in [-0.3, -0.25) is 9.59 Å². The first-order valence-corrected chi connectivity index (χ1v) is 9.87. The average molecular weight is 421 g/mol. The summed E-state index contributed by atoms with van der Waals surface area (Å²) in [6.45, 7) is 6.45. The van der Waals surface area contributed by atoms with Crippen LogP contribution in [0.4, 0.5) is 11.4 Å². The smallest absolute Gasteiger partial charge is 0.258 e. The Labute approximate surface area is 174 Å². The van der Waals surface area contributed by atoms with Crippen LogP contribution in [0.15, 0.2) is 36.5 Å². The van der Waals surface area contributed by atoms with Crippen molar-refractivity contribution in [3.05, 3.63) is 52.3 Å². The Morgan fingerprint density at radius 3 is 2.46 bits per heavy atom. The van der Waals surface area contributed by atoms with Crippen LogP contribution >= 0.6 is 23.2 Å². The van der Waals surface area contributed by atoms with Gasteiger partial charge < -0.3 is 15.1 Å². The van der Waals surface area contributed by atoms with E-state index >= 15 is 0 Å². The van der Waals surface area contributed by atoms with Crippen LogP contribution in [-0.4, -0.2) is 47.9 Å². The molecule has 1 fully saturated rings. The van der Waals surface area contributed by atoms with Crippen molar-refractivity contribution in [1.82, 2.24) is 9.88 Å². The van der Waals surface area contributed by atoms with Crippen LogP contribution in [-0.2, 0) is 4.79 Å². The van der Waals surface area contributed by atoms with E-state index in [4.69, 9.17) is 23.2 Å². The summed E-state index contributed by atoms with van der Waals surface area (Å²) in [4.78, 5) is 32.8. The molecular formula is C20H22Cl2N4O2. The highest BCUT2D eigenvalue weighted by atomic mass is 35.5. The molecule has 0 aliphatic carbocycles. The summed E-state index contributed by atoms with van der Waals surface area (Å²) in [5.41, 5.74) is 1.75. The zero-order valence-electron chi connectivity index (χ0n) is 15.8. The van der Waals surface area contributed by atoms with Gasteiger partial charge in [-0.1, -0.05) is 37.0 Å². The fraction of sp³-hybridized carbons (Fsp3) is 0.350. The first-order chi connectivity index (χ1) is 13.4. The molecule has 1 aliphatic rings. The standard InChI is InChI=1S/C20H22Cl2N4O2/c1-13(2)20(28)26-10-8-25(9-11-26)17-6-5-14(21)12-16(17)24-19(27)15-4-3-7-23-18(15)22/h3-7,12-13H,8-11H2,1-2H3,(H,24,27). The molecule has 1 saturated heterocycles. The largest absolute Gasteiger partial charge is 0.366 e. The number of hydrogen-bond donors (Lipinski definition) is 1. The number of carbonyl (C=O) groups is 2. The van der Waals surface area contributed by atoms with E-state index in [1.54, 1.807) is 24.3 Å². The SMILES string of the molecule is CC(C)C(=O)N1CCN(c2ccc(Cl)cc2NC(=O)c2cccnc2Cl)CC1. The van der Waals surface area contributed by atoms with Gasteiger partial charge in [-0.15, -0.1) is 0 Å². The second-order valence-electron chi connectivity index (χ2n) is 6.92. The third-order valence-corrected chi connectivity index (χ3v) is 5.17. The highest BCUT2D eigenvalue weighted by Crippen LogP contribution is 2.31. The molecule has 0 bridgehead atoms. The molecule has 2 amide bonds. The summed E-state index contributed by atoms with van der Waals surface area (Å²) in [7, 11) is 0. The third kappa shape index (κ3) is 4.56. The van der Waals surface area contributed by atoms with Crippen molar-refractivity contribution in [2.24, 2.45) is 5.92 Å². The van der Waals surface area contributed by atoms with Crippen molar-refractivity contribution in [2.75, 3.05) is 36.4 Å². The Morgan fingerprint density at radius 2 is 1.82 bits per heavy atom. The molecule has 8 heteroatoms. The third-order valence-electron chi connectivity index (χ3n) is 4.64. The first kappa shape index (κ1) is 20.4. The number of benzene rings is 1. The maximum absolute atomic E-state index is 12.6. The lowest BCUT2D eigenvalue weighted by Gasteiger charge is -2.37. The molecule has 28 heavy (non-hydrogen) atoms. The first-order valence-electron chi connectivity index (χ1n) is 9.12. The van der Waals surface area contributed by atoms with Gasteiger partial charge in [0.15, 0.2) is 0 Å². The second-order valence-corrected chi connectivity index (χ2v) is 7.72. The molecule has 148 valence electrons. The van der Waals surface area contributed by atoms with E-state index in [0.29, 0.717) is 42.5 Å². The van der Waals surface area contributed by atoms with Crippen molar-refractivity contribution in [3.8, 4) is 0 Å². The molecule has 1 N–H and O–H groups in total. The van der Waals surface area contributed by atoms with Crippen molar-refractivity contribution < 1.29 is 9.59 Å². The number of nitrogens with zero attached hydrogens (tertiary/aromatic N) is 3. The van der Waals surface area contributed by atoms with E-state index in [9.17, 15) is 9.59 Å². The number of anilines is 2. The van der Waals surface area contributed by atoms with E-state index in [0.717, 1.165) is 5.69 Å². The van der Waals surface area contributed by atoms with Crippen LogP contribution in [0.1, 0.15) is 24.2 Å². The maximum Gasteiger partial charge on any atom is 0.258 e. The molecule has 1 aliphatic heterocycles. The molecule has 0 radical (unpaired) electrons. The van der Waals surface area contributed by atoms with Gasteiger partial charge in [0, 0.05) is 43.3 Å². The highest BCUT2D eigenvalue weighted by molar-refractivity contribution is 6.33. The van der Waals surface area contributed by atoms with Gasteiger partial charge in [0.1, 0.15) is 5.15 Å². The summed E-state index contributed by atoms with van der Waals surface area (Å²) in [5, 5.41) is 3.55. The van der Waals surface area contributed by atoms with Crippen molar-refractivity contribution in [2.45, 2.75) is 13.8 Å². The molecule has 3 rings (SSSR count). The van der Waals surface area contributed by atoms with Crippen molar-refractivity contribution in [3.63, 3.8) is 0 Å². The molecule has 1 aromatic heterocycles. The Kier molecular flexibility index (Phi) is 6.42. The van der Waals surface area contributed by atoms with Gasteiger partial charge in [0.2, 0.25) is 5.91 Å². The molecular weight excluding hydrogens is 399 g/mol. The number of piperazine rings is 1. The maximum atomic E-state index is 12.6. The van der Waals surface area contributed by atoms with E-state index in [1.807, 2.05) is 24.8 Å². The Hall–Kier alpha value is -2.31. The predicted octanol–water partition coefficient (Wildman–Crippen LogP) is 3.95. The summed E-state index contributed by atoms with van der Waals surface area (Å²) in [6.07, 6.45) is 1.53. The van der Waals surface area contributed by atoms with Crippen molar-refractivity contribution in [1.29, 1.82) is 0 Å². The van der Waals surface area contributed by atoms with Crippen molar-refractivity contribution >= 4 is 46.4 Å². The molecule has 0 unspecified atom stereocenters. The molecule has 0 saturated carbocycles. The number of pyridine rings is 1. The van der Waals surface area contributed by atoms with Crippen LogP contribution < -0.4 is 10.2 Å². The Morgan fingerprint density at radius 1 is 1.11 bits per heavy atom. The zero-order chi connectivity index (χ0) is 20.3. The number of amides is 2. The number of nitrogens with one attached hydrogen (secondary N) is 1. The minimum absolute atomic E-state index is 0.0128. The average Bonchev–Trinajstić information content (AvgIpc) is 2.68. The monoisotopic (exact) mass is 420 g/mol. The molecule has 2 aromatic rings. The lowest BCUT2D eigenvalue weighted by Crippen LogP contribution is -2.50. The Bertz CT molecular complexity index is 880. The Balaban J connectivity index is 1.78. The lowest BCUT2D eigenvalue weighted by atomic mass is 10.1. The summed E-state index contributed by atoms with van der Waals surface area (Å²) in [5.74, 6) is -0.202. The highest BCUT2D eigenvalue weighted by Gasteiger charge is 2.24. The number of halogens is 2. The number of aromatic nitrogens is 1. The molecule has 0 spiro atoms. The van der Waals surface area contributed by atoms with E-state index in [-0.39, 0.29) is 22.9 Å². The number of rotatable bonds is 4. The normalized spacial score (nSPS) is 14.3. The topological polar surface area (TPSA) is 65.5 Å². The minimum Gasteiger partial charge on any atom is -0.366 e. The summed E-state index contributed by atoms with van der Waals surface area (Å²) >= 11 is 12.2. The van der Waals surface area contributed by atoms with E-state index in [2.05, 4.69) is 15.2 Å². The zero-order valence-corrected chi connectivity index (χ0v) is 17.3. The van der Waals surface area contributed by atoms with Gasteiger partial charge in [-0.2, -0.15) is 0 Å². The van der Waals surface area contributed by atoms with Crippen LogP contribution in [0.5, 0.6) is 0 Å². The molecule has 0 atom stereocenters. The van der Waals surface area contributed by atoms with E-state index < -0.39 is 0 Å². The summed E-state index contributed by atoms with van der Waals surface area (Å²) < 4.78 is 0. The quantitative estimate of drug-likeness (QED) is 0.760. The van der Waals surface area contributed by atoms with Crippen LogP contribution in [0, 0.1) is 5.92 Å². The lowest BCUT2D eigenvalue weighted by molar-refractivity contribution is -0.134. The van der Waals surface area contributed by atoms with Gasteiger partial charge in [-0.05, 0) is 30.3 Å². The predicted molar refractivity (Wildman–Crippen MR) is 112 cm³/mol. The fourth-order valence-electron chi connectivity index (χ4n) is 3.16. The van der Waals surface area contributed by atoms with Gasteiger partial charge in [0.05, 0.1) is 16.9 Å². The second kappa shape index (κ2) is 8.80. The van der Waals surface area contributed by atoms with E-state index in [1.165, 1.54) is 6.20 Å². The summed E-state index contributed by atoms with van der Waals surface area (Å²) in [6, 6.07) is 8.65. The molecule has 1 aromatic carbocycles. The number of hydrogen-bond acceptors (Lipinski definition) is 4. The minimum atomic E-state index is -0.352. The van der Waals surface area contributed by atoms with Crippen LogP contribution in [0.2, 0.25) is 10.2 Å². The molecule has 6 nitrogen and oxygen atoms in total. The number of carbonyl (C=O) groups excluding carboxylic acids is 2. The van der Waals surface area contributed by atoms with Crippen LogP contribution in [0.25, 0.3) is 0 Å². The van der Waals surface area contributed by atoms with Gasteiger partial charge in [0.25, 0.3) is 5.91 Å². The van der Waals surface area contributed by atoms with Gasteiger partial charge >= 0.3 is 0 Å².